The summed E-state index contributed by atoms with van der Waals surface area (Å²) in [5.74, 6) is 3.17. The topological polar surface area (TPSA) is 20.2 Å². The molecule has 2 aliphatic carbocycles. The van der Waals surface area contributed by atoms with Gasteiger partial charge in [-0.25, -0.2) is 0 Å². The molecule has 0 aromatic heterocycles. The van der Waals surface area contributed by atoms with Crippen molar-refractivity contribution in [3.05, 3.63) is 0 Å². The van der Waals surface area contributed by atoms with Crippen molar-refractivity contribution in [2.45, 2.75) is 26.4 Å². The quantitative estimate of drug-likeness (QED) is 0.518. The molecule has 5 unspecified atom stereocenters. The van der Waals surface area contributed by atoms with E-state index in [-0.39, 0.29) is 6.10 Å². The number of aliphatic hydroxyl groups excluding tert-OH is 1. The van der Waals surface area contributed by atoms with Crippen LogP contribution < -0.4 is 0 Å². The molecule has 1 heteroatoms. The van der Waals surface area contributed by atoms with E-state index in [1.54, 1.807) is 0 Å². The van der Waals surface area contributed by atoms with E-state index >= 15 is 0 Å². The van der Waals surface area contributed by atoms with Gasteiger partial charge in [0, 0.05) is 0 Å². The minimum Gasteiger partial charge on any atom is -0.393 e. The SMILES string of the molecule is CC1CC(O)C2C(C)C12. The number of rotatable bonds is 0. The van der Waals surface area contributed by atoms with Gasteiger partial charge in [-0.3, -0.25) is 0 Å². The van der Waals surface area contributed by atoms with E-state index in [1.165, 1.54) is 0 Å². The molecule has 0 amide bonds. The van der Waals surface area contributed by atoms with Crippen LogP contribution in [0.5, 0.6) is 0 Å². The lowest BCUT2D eigenvalue weighted by Crippen LogP contribution is -2.08. The lowest BCUT2D eigenvalue weighted by atomic mass is 10.0. The van der Waals surface area contributed by atoms with Crippen LogP contribution >= 0.6 is 0 Å². The van der Waals surface area contributed by atoms with Crippen molar-refractivity contribution in [1.29, 1.82) is 0 Å². The van der Waals surface area contributed by atoms with Crippen molar-refractivity contribution in [1.82, 2.24) is 0 Å². The van der Waals surface area contributed by atoms with E-state index in [9.17, 15) is 5.11 Å². The molecule has 0 aromatic rings. The van der Waals surface area contributed by atoms with Crippen LogP contribution in [-0.2, 0) is 0 Å². The first-order valence-electron chi connectivity index (χ1n) is 3.90. The Morgan fingerprint density at radius 2 is 1.89 bits per heavy atom. The van der Waals surface area contributed by atoms with E-state index in [1.807, 2.05) is 0 Å². The van der Waals surface area contributed by atoms with Gasteiger partial charge in [-0.1, -0.05) is 13.8 Å². The van der Waals surface area contributed by atoms with Gasteiger partial charge >= 0.3 is 0 Å². The van der Waals surface area contributed by atoms with Crippen LogP contribution in [0.15, 0.2) is 0 Å². The van der Waals surface area contributed by atoms with Crippen molar-refractivity contribution in [2.75, 3.05) is 0 Å². The zero-order chi connectivity index (χ0) is 6.59. The van der Waals surface area contributed by atoms with Crippen LogP contribution in [0, 0.1) is 23.7 Å². The third-order valence-electron chi connectivity index (χ3n) is 3.23. The predicted octanol–water partition coefficient (Wildman–Crippen LogP) is 1.27. The molecule has 0 saturated heterocycles. The van der Waals surface area contributed by atoms with Crippen LogP contribution in [0.2, 0.25) is 0 Å². The fourth-order valence-corrected chi connectivity index (χ4v) is 2.73. The Labute approximate surface area is 56.1 Å². The minimum atomic E-state index is 0.0417. The molecule has 2 fully saturated rings. The van der Waals surface area contributed by atoms with Crippen molar-refractivity contribution in [3.8, 4) is 0 Å². The number of fused-ring (bicyclic) bond motifs is 1. The van der Waals surface area contributed by atoms with Gasteiger partial charge < -0.3 is 5.11 Å². The maximum Gasteiger partial charge on any atom is 0.0576 e. The molecule has 1 N–H and O–H groups in total. The Balaban J connectivity index is 2.10. The van der Waals surface area contributed by atoms with Crippen molar-refractivity contribution in [2.24, 2.45) is 23.7 Å². The smallest absolute Gasteiger partial charge is 0.0576 e. The summed E-state index contributed by atoms with van der Waals surface area (Å²) in [4.78, 5) is 0. The zero-order valence-corrected chi connectivity index (χ0v) is 6.04. The Kier molecular flexibility index (Phi) is 0.963. The molecule has 0 spiro atoms. The van der Waals surface area contributed by atoms with Crippen molar-refractivity contribution >= 4 is 0 Å². The first-order chi connectivity index (χ1) is 4.22. The fraction of sp³-hybridized carbons (Fsp3) is 1.00. The molecule has 52 valence electrons. The summed E-state index contributed by atoms with van der Waals surface area (Å²) < 4.78 is 0. The maximum atomic E-state index is 9.38. The highest BCUT2D eigenvalue weighted by Crippen LogP contribution is 2.59. The Morgan fingerprint density at radius 3 is 2.11 bits per heavy atom. The molecule has 2 saturated carbocycles. The molecule has 9 heavy (non-hydrogen) atoms. The summed E-state index contributed by atoms with van der Waals surface area (Å²) in [5, 5.41) is 9.38. The largest absolute Gasteiger partial charge is 0.393 e. The summed E-state index contributed by atoms with van der Waals surface area (Å²) in [7, 11) is 0. The van der Waals surface area contributed by atoms with Crippen LogP contribution in [0.3, 0.4) is 0 Å². The molecule has 2 rings (SSSR count). The molecule has 5 atom stereocenters. The van der Waals surface area contributed by atoms with Crippen LogP contribution in [0.25, 0.3) is 0 Å². The molecule has 0 bridgehead atoms. The molecule has 0 aromatic carbocycles. The Hall–Kier alpha value is -0.0400. The van der Waals surface area contributed by atoms with E-state index in [0.717, 1.165) is 24.2 Å². The molecule has 0 heterocycles. The van der Waals surface area contributed by atoms with Gasteiger partial charge in [-0.05, 0) is 30.1 Å². The molecular formula is C8H14O. The summed E-state index contributed by atoms with van der Waals surface area (Å²) in [6, 6.07) is 0. The molecular weight excluding hydrogens is 112 g/mol. The second-order valence-corrected chi connectivity index (χ2v) is 3.79. The van der Waals surface area contributed by atoms with E-state index in [2.05, 4.69) is 13.8 Å². The van der Waals surface area contributed by atoms with E-state index in [0.29, 0.717) is 5.92 Å². The van der Waals surface area contributed by atoms with Crippen molar-refractivity contribution < 1.29 is 5.11 Å². The summed E-state index contributed by atoms with van der Waals surface area (Å²) in [6.07, 6.45) is 1.10. The first kappa shape index (κ1) is 5.72. The number of aliphatic hydroxyl groups is 1. The average molecular weight is 126 g/mol. The van der Waals surface area contributed by atoms with Crippen LogP contribution in [-0.4, -0.2) is 11.2 Å². The summed E-state index contributed by atoms with van der Waals surface area (Å²) in [6.45, 7) is 4.52. The molecule has 0 aliphatic heterocycles. The molecule has 1 nitrogen and oxygen atoms in total. The second kappa shape index (κ2) is 1.51. The normalized spacial score (nSPS) is 63.7. The highest BCUT2D eigenvalue weighted by molar-refractivity contribution is 5.06. The van der Waals surface area contributed by atoms with Gasteiger partial charge in [0.25, 0.3) is 0 Å². The highest BCUT2D eigenvalue weighted by Gasteiger charge is 2.58. The molecule has 2 aliphatic rings. The van der Waals surface area contributed by atoms with Crippen LogP contribution in [0.1, 0.15) is 20.3 Å². The highest BCUT2D eigenvalue weighted by atomic mass is 16.3. The van der Waals surface area contributed by atoms with Gasteiger partial charge in [0.15, 0.2) is 0 Å². The van der Waals surface area contributed by atoms with E-state index < -0.39 is 0 Å². The first-order valence-corrected chi connectivity index (χ1v) is 3.90. The van der Waals surface area contributed by atoms with Gasteiger partial charge in [0.05, 0.1) is 6.10 Å². The number of hydrogen-bond acceptors (Lipinski definition) is 1. The lowest BCUT2D eigenvalue weighted by Gasteiger charge is -2.08. The summed E-state index contributed by atoms with van der Waals surface area (Å²) in [5.41, 5.74) is 0. The molecule has 0 radical (unpaired) electrons. The Morgan fingerprint density at radius 1 is 1.22 bits per heavy atom. The Bertz CT molecular complexity index is 119. The fourth-order valence-electron chi connectivity index (χ4n) is 2.73. The maximum absolute atomic E-state index is 9.38. The van der Waals surface area contributed by atoms with Crippen LogP contribution in [0.4, 0.5) is 0 Å². The minimum absolute atomic E-state index is 0.0417. The summed E-state index contributed by atoms with van der Waals surface area (Å²) >= 11 is 0. The third kappa shape index (κ3) is 0.586. The second-order valence-electron chi connectivity index (χ2n) is 3.79. The predicted molar refractivity (Wildman–Crippen MR) is 35.9 cm³/mol. The average Bonchev–Trinajstić information content (AvgIpc) is 2.30. The monoisotopic (exact) mass is 126 g/mol. The lowest BCUT2D eigenvalue weighted by molar-refractivity contribution is 0.144. The van der Waals surface area contributed by atoms with Gasteiger partial charge in [0.1, 0.15) is 0 Å². The van der Waals surface area contributed by atoms with Gasteiger partial charge in [-0.2, -0.15) is 0 Å². The zero-order valence-electron chi connectivity index (χ0n) is 6.04. The number of hydrogen-bond donors (Lipinski definition) is 1. The van der Waals surface area contributed by atoms with E-state index in [4.69, 9.17) is 0 Å². The third-order valence-corrected chi connectivity index (χ3v) is 3.23. The van der Waals surface area contributed by atoms with Crippen molar-refractivity contribution in [3.63, 3.8) is 0 Å². The van der Waals surface area contributed by atoms with Gasteiger partial charge in [0.2, 0.25) is 0 Å². The standard InChI is InChI=1S/C8H14O/c1-4-3-6(9)8-5(2)7(4)8/h4-9H,3H2,1-2H3. The van der Waals surface area contributed by atoms with Gasteiger partial charge in [-0.15, -0.1) is 0 Å².